The summed E-state index contributed by atoms with van der Waals surface area (Å²) in [5.41, 5.74) is 0.473. The highest BCUT2D eigenvalue weighted by Gasteiger charge is 2.23. The van der Waals surface area contributed by atoms with Gasteiger partial charge >= 0.3 is 5.69 Å². The highest BCUT2D eigenvalue weighted by molar-refractivity contribution is 7.92. The van der Waals surface area contributed by atoms with Gasteiger partial charge in [0.1, 0.15) is 10.0 Å². The number of nitrogens with one attached hydrogen (secondary N) is 1. The summed E-state index contributed by atoms with van der Waals surface area (Å²) in [7, 11) is -3.49. The summed E-state index contributed by atoms with van der Waals surface area (Å²) in [6.07, 6.45) is 3.34. The molecule has 3 rings (SSSR count). The first kappa shape index (κ1) is 16.3. The van der Waals surface area contributed by atoms with E-state index < -0.39 is 14.8 Å². The topological polar surface area (TPSA) is 120 Å². The number of sulfone groups is 1. The second-order valence-corrected chi connectivity index (χ2v) is 8.33. The second kappa shape index (κ2) is 6.17. The van der Waals surface area contributed by atoms with E-state index in [4.69, 9.17) is 0 Å². The average molecular weight is 367 g/mol. The minimum Gasteiger partial charge on any atom is -0.371 e. The van der Waals surface area contributed by atoms with Crippen molar-refractivity contribution in [2.24, 2.45) is 0 Å². The maximum atomic E-state index is 11.6. The summed E-state index contributed by atoms with van der Waals surface area (Å²) < 4.78 is 24.9. The summed E-state index contributed by atoms with van der Waals surface area (Å²) in [5, 5.41) is 22.3. The molecule has 0 aliphatic rings. The van der Waals surface area contributed by atoms with Crippen molar-refractivity contribution in [3.63, 3.8) is 0 Å². The predicted molar refractivity (Wildman–Crippen MR) is 89.3 cm³/mol. The van der Waals surface area contributed by atoms with E-state index in [-0.39, 0.29) is 14.9 Å². The molecule has 0 fully saturated rings. The molecule has 0 bridgehead atoms. The number of nitro groups is 1. The number of aromatic nitrogens is 3. The summed E-state index contributed by atoms with van der Waals surface area (Å²) in [4.78, 5) is 10.5. The van der Waals surface area contributed by atoms with Crippen LogP contribution >= 0.6 is 11.3 Å². The van der Waals surface area contributed by atoms with Gasteiger partial charge in [0.2, 0.25) is 0 Å². The summed E-state index contributed by atoms with van der Waals surface area (Å²) in [6.45, 7) is 0.361. The lowest BCUT2D eigenvalue weighted by Gasteiger charge is -2.02. The maximum absolute atomic E-state index is 11.6. The number of hydrogen-bond acceptors (Lipinski definition) is 8. The van der Waals surface area contributed by atoms with Crippen LogP contribution in [0.5, 0.6) is 0 Å². The van der Waals surface area contributed by atoms with Crippen molar-refractivity contribution in [2.75, 3.05) is 18.1 Å². The zero-order valence-electron chi connectivity index (χ0n) is 12.5. The summed E-state index contributed by atoms with van der Waals surface area (Å²) in [5.74, 6) is 0.709. The fourth-order valence-corrected chi connectivity index (χ4v) is 4.12. The predicted octanol–water partition coefficient (Wildman–Crippen LogP) is 1.76. The Morgan fingerprint density at radius 3 is 2.88 bits per heavy atom. The first-order valence-electron chi connectivity index (χ1n) is 6.87. The van der Waals surface area contributed by atoms with E-state index in [1.165, 1.54) is 0 Å². The van der Waals surface area contributed by atoms with Crippen molar-refractivity contribution < 1.29 is 13.3 Å². The molecule has 3 aromatic rings. The van der Waals surface area contributed by atoms with Gasteiger partial charge in [-0.3, -0.25) is 14.5 Å². The molecular formula is C13H13N5O4S2. The van der Waals surface area contributed by atoms with Crippen LogP contribution < -0.4 is 5.32 Å². The fourth-order valence-electron chi connectivity index (χ4n) is 2.15. The monoisotopic (exact) mass is 367 g/mol. The lowest BCUT2D eigenvalue weighted by atomic mass is 10.4. The molecule has 1 N–H and O–H groups in total. The molecule has 0 aliphatic heterocycles. The molecule has 0 saturated carbocycles. The van der Waals surface area contributed by atoms with E-state index in [0.717, 1.165) is 23.7 Å². The summed E-state index contributed by atoms with van der Waals surface area (Å²) >= 11 is 0.852. The molecule has 24 heavy (non-hydrogen) atoms. The first-order chi connectivity index (χ1) is 11.4. The third kappa shape index (κ3) is 3.21. The molecule has 9 nitrogen and oxygen atoms in total. The van der Waals surface area contributed by atoms with Crippen LogP contribution in [0.2, 0.25) is 0 Å². The van der Waals surface area contributed by atoms with Crippen molar-refractivity contribution in [3.8, 4) is 0 Å². The largest absolute Gasteiger partial charge is 0.371 e. The Balaban J connectivity index is 1.77. The van der Waals surface area contributed by atoms with Crippen LogP contribution in [0, 0.1) is 10.1 Å². The van der Waals surface area contributed by atoms with Crippen molar-refractivity contribution in [1.82, 2.24) is 14.6 Å². The van der Waals surface area contributed by atoms with Crippen LogP contribution in [0.3, 0.4) is 0 Å². The van der Waals surface area contributed by atoms with Crippen LogP contribution in [0.25, 0.3) is 5.65 Å². The maximum Gasteiger partial charge on any atom is 0.304 e. The van der Waals surface area contributed by atoms with E-state index in [9.17, 15) is 18.5 Å². The van der Waals surface area contributed by atoms with Crippen LogP contribution in [0.1, 0.15) is 5.82 Å². The Labute approximate surface area is 141 Å². The SMILES string of the molecule is CS(=O)(=O)c1cc([N+](=O)[O-])c(NCCc2nnc3ccccn23)s1. The molecular weight excluding hydrogens is 354 g/mol. The molecule has 11 heteroatoms. The Bertz CT molecular complexity index is 1010. The number of thiophene rings is 1. The van der Waals surface area contributed by atoms with Crippen LogP contribution in [0.4, 0.5) is 10.7 Å². The van der Waals surface area contributed by atoms with Gasteiger partial charge in [-0.2, -0.15) is 0 Å². The van der Waals surface area contributed by atoms with Gasteiger partial charge in [-0.05, 0) is 12.1 Å². The molecule has 3 aromatic heterocycles. The normalized spacial score (nSPS) is 11.7. The van der Waals surface area contributed by atoms with E-state index in [0.29, 0.717) is 24.4 Å². The van der Waals surface area contributed by atoms with Crippen molar-refractivity contribution in [3.05, 3.63) is 46.4 Å². The molecule has 0 spiro atoms. The van der Waals surface area contributed by atoms with Crippen LogP contribution in [-0.2, 0) is 16.3 Å². The van der Waals surface area contributed by atoms with E-state index in [1.807, 2.05) is 28.8 Å². The van der Waals surface area contributed by atoms with Gasteiger partial charge in [-0.1, -0.05) is 17.4 Å². The molecule has 3 heterocycles. The Kier molecular flexibility index (Phi) is 4.20. The highest BCUT2D eigenvalue weighted by atomic mass is 32.2. The molecule has 0 aliphatic carbocycles. The minimum absolute atomic E-state index is 0.0374. The highest BCUT2D eigenvalue weighted by Crippen LogP contribution is 2.36. The minimum atomic E-state index is -3.49. The van der Waals surface area contributed by atoms with Gasteiger partial charge in [-0.25, -0.2) is 8.42 Å². The Morgan fingerprint density at radius 2 is 2.17 bits per heavy atom. The summed E-state index contributed by atoms with van der Waals surface area (Å²) in [6, 6.07) is 6.62. The van der Waals surface area contributed by atoms with Crippen molar-refractivity contribution in [2.45, 2.75) is 10.6 Å². The number of nitrogens with zero attached hydrogens (tertiary/aromatic N) is 4. The average Bonchev–Trinajstić information content (AvgIpc) is 3.12. The molecule has 0 aromatic carbocycles. The molecule has 0 saturated heterocycles. The van der Waals surface area contributed by atoms with Crippen LogP contribution in [-0.4, -0.2) is 40.7 Å². The van der Waals surface area contributed by atoms with Crippen LogP contribution in [0.15, 0.2) is 34.7 Å². The van der Waals surface area contributed by atoms with Gasteiger partial charge in [0, 0.05) is 31.5 Å². The number of fused-ring (bicyclic) bond motifs is 1. The number of hydrogen-bond donors (Lipinski definition) is 1. The standard InChI is InChI=1S/C13H13N5O4S2/c1-24(21,22)12-8-9(18(19)20)13(23-12)14-6-5-11-16-15-10-4-2-3-7-17(10)11/h2-4,7-8,14H,5-6H2,1H3. The van der Waals surface area contributed by atoms with Crippen molar-refractivity contribution in [1.29, 1.82) is 0 Å². The first-order valence-corrected chi connectivity index (χ1v) is 9.58. The van der Waals surface area contributed by atoms with Gasteiger partial charge in [0.25, 0.3) is 0 Å². The molecule has 0 unspecified atom stereocenters. The zero-order chi connectivity index (χ0) is 17.3. The molecule has 126 valence electrons. The van der Waals surface area contributed by atoms with E-state index in [1.54, 1.807) is 0 Å². The number of pyridine rings is 1. The third-order valence-corrected chi connectivity index (χ3v) is 6.15. The number of rotatable bonds is 6. The lowest BCUT2D eigenvalue weighted by Crippen LogP contribution is -2.07. The Morgan fingerprint density at radius 1 is 1.38 bits per heavy atom. The Hall–Kier alpha value is -2.53. The van der Waals surface area contributed by atoms with Gasteiger partial charge in [-0.15, -0.1) is 10.2 Å². The number of anilines is 1. The second-order valence-electron chi connectivity index (χ2n) is 5.03. The fraction of sp³-hybridized carbons (Fsp3) is 0.231. The van der Waals surface area contributed by atoms with Gasteiger partial charge in [0.15, 0.2) is 20.5 Å². The molecule has 0 amide bonds. The van der Waals surface area contributed by atoms with Gasteiger partial charge < -0.3 is 5.32 Å². The quantitative estimate of drug-likeness (QED) is 0.520. The smallest absolute Gasteiger partial charge is 0.304 e. The third-order valence-electron chi connectivity index (χ3n) is 3.27. The van der Waals surface area contributed by atoms with E-state index in [2.05, 4.69) is 15.5 Å². The lowest BCUT2D eigenvalue weighted by molar-refractivity contribution is -0.383. The zero-order valence-corrected chi connectivity index (χ0v) is 14.2. The molecule has 0 radical (unpaired) electrons. The van der Waals surface area contributed by atoms with E-state index >= 15 is 0 Å². The van der Waals surface area contributed by atoms with Gasteiger partial charge in [0.05, 0.1) is 4.92 Å². The molecule has 0 atom stereocenters. The van der Waals surface area contributed by atoms with Crippen molar-refractivity contribution >= 4 is 37.5 Å².